The highest BCUT2D eigenvalue weighted by atomic mass is 35.5. The SMILES string of the molecule is COC1(COc2ccc(Cl)c(Cl)c2)CCN(CC(=O)NCc2ccc3c(c2)OCO3)CC1. The first-order valence-corrected chi connectivity index (χ1v) is 11.2. The first-order valence-electron chi connectivity index (χ1n) is 10.5. The number of hydrogen-bond acceptors (Lipinski definition) is 6. The second kappa shape index (κ2) is 10.2. The van der Waals surface area contributed by atoms with Crippen LogP contribution in [-0.4, -0.2) is 56.6 Å². The van der Waals surface area contributed by atoms with Crippen LogP contribution in [0.5, 0.6) is 17.2 Å². The molecule has 7 nitrogen and oxygen atoms in total. The van der Waals surface area contributed by atoms with Gasteiger partial charge in [0.2, 0.25) is 12.7 Å². The molecule has 2 aliphatic rings. The highest BCUT2D eigenvalue weighted by Crippen LogP contribution is 2.32. The van der Waals surface area contributed by atoms with Crippen molar-refractivity contribution in [1.29, 1.82) is 0 Å². The molecule has 172 valence electrons. The van der Waals surface area contributed by atoms with Gasteiger partial charge in [0.15, 0.2) is 11.5 Å². The van der Waals surface area contributed by atoms with E-state index in [9.17, 15) is 4.79 Å². The van der Waals surface area contributed by atoms with Crippen LogP contribution in [0.3, 0.4) is 0 Å². The molecular weight excluding hydrogens is 455 g/mol. The molecular formula is C23H26Cl2N2O5. The topological polar surface area (TPSA) is 69.3 Å². The predicted octanol–water partition coefficient (Wildman–Crippen LogP) is 3.90. The molecule has 0 aromatic heterocycles. The van der Waals surface area contributed by atoms with Crippen LogP contribution < -0.4 is 19.5 Å². The van der Waals surface area contributed by atoms with E-state index in [1.165, 1.54) is 0 Å². The Balaban J connectivity index is 1.22. The maximum Gasteiger partial charge on any atom is 0.234 e. The van der Waals surface area contributed by atoms with Crippen molar-refractivity contribution < 1.29 is 23.7 Å². The van der Waals surface area contributed by atoms with Gasteiger partial charge in [0.05, 0.1) is 16.6 Å². The van der Waals surface area contributed by atoms with E-state index in [0.717, 1.165) is 37.2 Å². The van der Waals surface area contributed by atoms with Crippen molar-refractivity contribution in [1.82, 2.24) is 10.2 Å². The number of carbonyl (C=O) groups excluding carboxylic acids is 1. The first-order chi connectivity index (χ1) is 15.5. The molecule has 1 amide bonds. The minimum atomic E-state index is -0.397. The number of nitrogens with zero attached hydrogens (tertiary/aromatic N) is 1. The van der Waals surface area contributed by atoms with Gasteiger partial charge in [0.25, 0.3) is 0 Å². The standard InChI is InChI=1S/C23H26Cl2N2O5/c1-29-23(14-30-17-3-4-18(24)19(25)11-17)6-8-27(9-7-23)13-22(28)26-12-16-2-5-20-21(10-16)32-15-31-20/h2-5,10-11H,6-9,12-15H2,1H3,(H,26,28). The van der Waals surface area contributed by atoms with Crippen molar-refractivity contribution in [3.63, 3.8) is 0 Å². The Morgan fingerprint density at radius 3 is 2.62 bits per heavy atom. The molecule has 4 rings (SSSR count). The number of rotatable bonds is 8. The van der Waals surface area contributed by atoms with Crippen LogP contribution in [0.1, 0.15) is 18.4 Å². The van der Waals surface area contributed by atoms with E-state index in [0.29, 0.717) is 41.2 Å². The lowest BCUT2D eigenvalue weighted by molar-refractivity contribution is -0.125. The number of likely N-dealkylation sites (tertiary alicyclic amines) is 1. The summed E-state index contributed by atoms with van der Waals surface area (Å²) in [6, 6.07) is 10.9. The van der Waals surface area contributed by atoms with E-state index in [1.807, 2.05) is 18.2 Å². The lowest BCUT2D eigenvalue weighted by Gasteiger charge is -2.40. The fourth-order valence-electron chi connectivity index (χ4n) is 3.82. The summed E-state index contributed by atoms with van der Waals surface area (Å²) in [5.74, 6) is 2.09. The summed E-state index contributed by atoms with van der Waals surface area (Å²) in [5, 5.41) is 3.92. The molecule has 0 radical (unpaired) electrons. The quantitative estimate of drug-likeness (QED) is 0.617. The maximum absolute atomic E-state index is 12.4. The van der Waals surface area contributed by atoms with Gasteiger partial charge in [-0.1, -0.05) is 29.3 Å². The number of hydrogen-bond donors (Lipinski definition) is 1. The number of halogens is 2. The van der Waals surface area contributed by atoms with E-state index in [2.05, 4.69) is 10.2 Å². The zero-order valence-electron chi connectivity index (χ0n) is 17.9. The maximum atomic E-state index is 12.4. The molecule has 1 N–H and O–H groups in total. The third kappa shape index (κ3) is 5.59. The van der Waals surface area contributed by atoms with Crippen molar-refractivity contribution in [3.05, 3.63) is 52.0 Å². The van der Waals surface area contributed by atoms with Gasteiger partial charge in [-0.2, -0.15) is 0 Å². The molecule has 1 fully saturated rings. The molecule has 1 saturated heterocycles. The van der Waals surface area contributed by atoms with Crippen molar-refractivity contribution in [2.24, 2.45) is 0 Å². The zero-order valence-corrected chi connectivity index (χ0v) is 19.4. The van der Waals surface area contributed by atoms with Crippen molar-refractivity contribution in [2.75, 3.05) is 40.1 Å². The van der Waals surface area contributed by atoms with E-state index in [-0.39, 0.29) is 12.7 Å². The largest absolute Gasteiger partial charge is 0.491 e. The van der Waals surface area contributed by atoms with Crippen LogP contribution in [0.4, 0.5) is 0 Å². The molecule has 9 heteroatoms. The van der Waals surface area contributed by atoms with Gasteiger partial charge in [-0.05, 0) is 42.7 Å². The molecule has 0 atom stereocenters. The number of amides is 1. The molecule has 0 unspecified atom stereocenters. The molecule has 2 aromatic rings. The summed E-state index contributed by atoms with van der Waals surface area (Å²) < 4.78 is 22.4. The van der Waals surface area contributed by atoms with Gasteiger partial charge < -0.3 is 24.3 Å². The van der Waals surface area contributed by atoms with Gasteiger partial charge >= 0.3 is 0 Å². The van der Waals surface area contributed by atoms with Crippen LogP contribution in [0.25, 0.3) is 0 Å². The van der Waals surface area contributed by atoms with Crippen LogP contribution in [-0.2, 0) is 16.1 Å². The highest BCUT2D eigenvalue weighted by molar-refractivity contribution is 6.42. The molecule has 2 aromatic carbocycles. The molecule has 0 aliphatic carbocycles. The Morgan fingerprint density at radius 2 is 1.88 bits per heavy atom. The zero-order chi connectivity index (χ0) is 22.6. The molecule has 0 saturated carbocycles. The fourth-order valence-corrected chi connectivity index (χ4v) is 4.11. The Hall–Kier alpha value is -2.19. The number of benzene rings is 2. The molecule has 0 spiro atoms. The number of carbonyl (C=O) groups is 1. The van der Waals surface area contributed by atoms with Gasteiger partial charge in [0.1, 0.15) is 18.0 Å². The Kier molecular flexibility index (Phi) is 7.30. The number of nitrogens with one attached hydrogen (secondary N) is 1. The average molecular weight is 481 g/mol. The van der Waals surface area contributed by atoms with Gasteiger partial charge in [-0.15, -0.1) is 0 Å². The summed E-state index contributed by atoms with van der Waals surface area (Å²) >= 11 is 12.0. The van der Waals surface area contributed by atoms with Crippen LogP contribution in [0.15, 0.2) is 36.4 Å². The fraction of sp³-hybridized carbons (Fsp3) is 0.435. The average Bonchev–Trinajstić information content (AvgIpc) is 3.28. The number of piperidine rings is 1. The van der Waals surface area contributed by atoms with Crippen molar-refractivity contribution in [2.45, 2.75) is 25.0 Å². The monoisotopic (exact) mass is 480 g/mol. The summed E-state index contributed by atoms with van der Waals surface area (Å²) in [6.07, 6.45) is 1.53. The third-order valence-corrected chi connectivity index (χ3v) is 6.63. The lowest BCUT2D eigenvalue weighted by Crippen LogP contribution is -2.51. The first kappa shape index (κ1) is 23.0. The van der Waals surface area contributed by atoms with Crippen molar-refractivity contribution >= 4 is 29.1 Å². The highest BCUT2D eigenvalue weighted by Gasteiger charge is 2.36. The van der Waals surface area contributed by atoms with Crippen LogP contribution in [0.2, 0.25) is 10.0 Å². The summed E-state index contributed by atoms with van der Waals surface area (Å²) in [4.78, 5) is 14.6. The van der Waals surface area contributed by atoms with E-state index < -0.39 is 5.60 Å². The van der Waals surface area contributed by atoms with E-state index in [4.69, 9.17) is 42.1 Å². The van der Waals surface area contributed by atoms with Crippen molar-refractivity contribution in [3.8, 4) is 17.2 Å². The van der Waals surface area contributed by atoms with Gasteiger partial charge in [-0.25, -0.2) is 0 Å². The Labute approximate surface area is 197 Å². The molecule has 2 heterocycles. The molecule has 0 bridgehead atoms. The summed E-state index contributed by atoms with van der Waals surface area (Å²) in [6.45, 7) is 2.93. The minimum absolute atomic E-state index is 0.0142. The minimum Gasteiger partial charge on any atom is -0.491 e. The summed E-state index contributed by atoms with van der Waals surface area (Å²) in [5.41, 5.74) is 0.574. The second-order valence-corrected chi connectivity index (χ2v) is 8.81. The van der Waals surface area contributed by atoms with E-state index in [1.54, 1.807) is 25.3 Å². The number of methoxy groups -OCH3 is 1. The van der Waals surface area contributed by atoms with Gasteiger partial charge in [-0.3, -0.25) is 9.69 Å². The Morgan fingerprint density at radius 1 is 1.09 bits per heavy atom. The Bertz CT molecular complexity index is 963. The van der Waals surface area contributed by atoms with E-state index >= 15 is 0 Å². The predicted molar refractivity (Wildman–Crippen MR) is 122 cm³/mol. The van der Waals surface area contributed by atoms with Crippen LogP contribution in [0, 0.1) is 0 Å². The third-order valence-electron chi connectivity index (χ3n) is 5.89. The van der Waals surface area contributed by atoms with Gasteiger partial charge in [0, 0.05) is 32.8 Å². The second-order valence-electron chi connectivity index (χ2n) is 7.99. The number of fused-ring (bicyclic) bond motifs is 1. The number of ether oxygens (including phenoxy) is 4. The lowest BCUT2D eigenvalue weighted by atomic mass is 9.92. The van der Waals surface area contributed by atoms with Crippen LogP contribution >= 0.6 is 23.2 Å². The molecule has 32 heavy (non-hydrogen) atoms. The normalized spacial score (nSPS) is 17.2. The smallest absolute Gasteiger partial charge is 0.234 e. The molecule has 2 aliphatic heterocycles. The summed E-state index contributed by atoms with van der Waals surface area (Å²) in [7, 11) is 1.70.